The zero-order chi connectivity index (χ0) is 22.2. The smallest absolute Gasteiger partial charge is 0.270 e. The molecule has 32 heavy (non-hydrogen) atoms. The summed E-state index contributed by atoms with van der Waals surface area (Å²) in [5, 5.41) is 12.9. The van der Waals surface area contributed by atoms with Gasteiger partial charge in [0.15, 0.2) is 0 Å². The number of para-hydroxylation sites is 2. The van der Waals surface area contributed by atoms with E-state index in [0.29, 0.717) is 22.2 Å². The van der Waals surface area contributed by atoms with Crippen LogP contribution in [0.2, 0.25) is 0 Å². The molecule has 0 saturated carbocycles. The molecule has 3 N–H and O–H groups in total. The Morgan fingerprint density at radius 1 is 0.906 bits per heavy atom. The zero-order valence-electron chi connectivity index (χ0n) is 17.4. The van der Waals surface area contributed by atoms with E-state index in [1.807, 2.05) is 79.7 Å². The van der Waals surface area contributed by atoms with Crippen LogP contribution >= 0.6 is 0 Å². The quantitative estimate of drug-likeness (QED) is 0.431. The van der Waals surface area contributed by atoms with E-state index in [1.165, 1.54) is 11.1 Å². The number of amides is 1. The number of nitrogens with one attached hydrogen (secondary N) is 2. The van der Waals surface area contributed by atoms with Gasteiger partial charge in [0.2, 0.25) is 0 Å². The summed E-state index contributed by atoms with van der Waals surface area (Å²) in [6.07, 6.45) is 1.49. The highest BCUT2D eigenvalue weighted by Gasteiger charge is 2.37. The van der Waals surface area contributed by atoms with Gasteiger partial charge in [-0.2, -0.15) is 0 Å². The van der Waals surface area contributed by atoms with Gasteiger partial charge in [0, 0.05) is 11.0 Å². The lowest BCUT2D eigenvalue weighted by molar-refractivity contribution is -0.114. The van der Waals surface area contributed by atoms with Gasteiger partial charge in [-0.05, 0) is 42.3 Å². The third-order valence-corrected chi connectivity index (χ3v) is 5.73. The number of aromatic hydroxyl groups is 1. The fourth-order valence-electron chi connectivity index (χ4n) is 4.08. The number of hydrazine groups is 1. The predicted octanol–water partition coefficient (Wildman–Crippen LogP) is 4.22. The van der Waals surface area contributed by atoms with Crippen molar-refractivity contribution in [1.82, 2.24) is 10.4 Å². The Hall–Kier alpha value is -4.16. The number of hydrogen-bond donors (Lipinski definition) is 3. The number of benzene rings is 3. The van der Waals surface area contributed by atoms with Crippen molar-refractivity contribution in [3.05, 3.63) is 111 Å². The van der Waals surface area contributed by atoms with Crippen molar-refractivity contribution >= 4 is 28.6 Å². The van der Waals surface area contributed by atoms with Crippen LogP contribution in [0.15, 0.2) is 89.2 Å². The number of aryl methyl sites for hydroxylation is 1. The second-order valence-electron chi connectivity index (χ2n) is 7.76. The third-order valence-electron chi connectivity index (χ3n) is 5.73. The number of hydrogen-bond acceptors (Lipinski definition) is 4. The summed E-state index contributed by atoms with van der Waals surface area (Å²) in [4.78, 5) is 29.2. The minimum atomic E-state index is -0.476. The Kier molecular flexibility index (Phi) is 4.84. The molecule has 6 nitrogen and oxygen atoms in total. The maximum absolute atomic E-state index is 13.4. The van der Waals surface area contributed by atoms with E-state index in [0.717, 1.165) is 11.1 Å². The lowest BCUT2D eigenvalue weighted by Crippen LogP contribution is -2.35. The monoisotopic (exact) mass is 423 g/mol. The summed E-state index contributed by atoms with van der Waals surface area (Å²) in [7, 11) is 0. The first-order chi connectivity index (χ1) is 15.5. The molecule has 0 radical (unpaired) electrons. The topological polar surface area (TPSA) is 85.4 Å². The Balaban J connectivity index is 1.69. The lowest BCUT2D eigenvalue weighted by atomic mass is 9.97. The van der Waals surface area contributed by atoms with Crippen LogP contribution in [-0.4, -0.2) is 16.0 Å². The van der Waals surface area contributed by atoms with E-state index >= 15 is 0 Å². The van der Waals surface area contributed by atoms with Crippen molar-refractivity contribution in [2.24, 2.45) is 0 Å². The second-order valence-corrected chi connectivity index (χ2v) is 7.76. The predicted molar refractivity (Wildman–Crippen MR) is 125 cm³/mol. The third kappa shape index (κ3) is 3.27. The Morgan fingerprint density at radius 2 is 1.59 bits per heavy atom. The molecule has 1 saturated heterocycles. The summed E-state index contributed by atoms with van der Waals surface area (Å²) in [6.45, 7) is 1.86. The van der Waals surface area contributed by atoms with E-state index in [-0.39, 0.29) is 17.2 Å². The second kappa shape index (κ2) is 7.83. The molecule has 3 aromatic carbocycles. The summed E-state index contributed by atoms with van der Waals surface area (Å²) in [5.41, 5.74) is 6.22. The molecule has 1 aromatic heterocycles. The number of anilines is 1. The maximum atomic E-state index is 13.4. The zero-order valence-corrected chi connectivity index (χ0v) is 17.4. The van der Waals surface area contributed by atoms with Crippen LogP contribution in [0.5, 0.6) is 5.75 Å². The molecule has 1 fully saturated rings. The Bertz CT molecular complexity index is 1410. The minimum absolute atomic E-state index is 0.0593. The lowest BCUT2D eigenvalue weighted by Gasteiger charge is -2.17. The molecule has 4 aromatic rings. The average Bonchev–Trinajstić information content (AvgIpc) is 3.14. The number of nitrogens with zero attached hydrogens (tertiary/aromatic N) is 1. The van der Waals surface area contributed by atoms with Crippen molar-refractivity contribution in [2.45, 2.75) is 13.0 Å². The molecule has 5 rings (SSSR count). The maximum Gasteiger partial charge on any atom is 0.270 e. The molecular formula is C26H21N3O3. The number of aromatic amines is 1. The fraction of sp³-hybridized carbons (Fsp3) is 0.0769. The number of rotatable bonds is 3. The largest absolute Gasteiger partial charge is 0.506 e. The van der Waals surface area contributed by atoms with Crippen molar-refractivity contribution in [1.29, 1.82) is 0 Å². The van der Waals surface area contributed by atoms with Crippen molar-refractivity contribution in [3.8, 4) is 5.75 Å². The van der Waals surface area contributed by atoms with E-state index in [1.54, 1.807) is 6.07 Å². The van der Waals surface area contributed by atoms with Gasteiger partial charge in [0.1, 0.15) is 5.75 Å². The van der Waals surface area contributed by atoms with Crippen LogP contribution in [0.3, 0.4) is 0 Å². The average molecular weight is 423 g/mol. The SMILES string of the molecule is Cc1cccc2c(O)c(C=C3C(=O)N(c4ccccc4)NC3c3ccccc3)c(=O)[nH]c12. The summed E-state index contributed by atoms with van der Waals surface area (Å²) in [5.74, 6) is -0.425. The number of carbonyl (C=O) groups excluding carboxylic acids is 1. The molecule has 1 unspecified atom stereocenters. The van der Waals surface area contributed by atoms with E-state index in [4.69, 9.17) is 0 Å². The van der Waals surface area contributed by atoms with Gasteiger partial charge >= 0.3 is 0 Å². The molecule has 0 bridgehead atoms. The highest BCUT2D eigenvalue weighted by molar-refractivity contribution is 6.11. The van der Waals surface area contributed by atoms with E-state index < -0.39 is 11.6 Å². The number of pyridine rings is 1. The normalized spacial score (nSPS) is 17.4. The highest BCUT2D eigenvalue weighted by atomic mass is 16.3. The molecule has 2 heterocycles. The van der Waals surface area contributed by atoms with E-state index in [2.05, 4.69) is 10.4 Å². The van der Waals surface area contributed by atoms with Crippen molar-refractivity contribution < 1.29 is 9.90 Å². The molecule has 158 valence electrons. The van der Waals surface area contributed by atoms with Gasteiger partial charge in [0.05, 0.1) is 22.8 Å². The van der Waals surface area contributed by atoms with Crippen LogP contribution in [0, 0.1) is 6.92 Å². The van der Waals surface area contributed by atoms with Gasteiger partial charge in [0.25, 0.3) is 11.5 Å². The Labute approximate surface area is 184 Å². The molecule has 6 heteroatoms. The standard InChI is InChI=1S/C26H21N3O3/c1-16-9-8-14-19-22(16)27-25(31)21(24(19)30)15-20-23(17-10-4-2-5-11-17)28-29(26(20)32)18-12-6-3-7-13-18/h2-15,23,28H,1H3,(H2,27,30,31). The van der Waals surface area contributed by atoms with Crippen LogP contribution in [0.4, 0.5) is 5.69 Å². The van der Waals surface area contributed by atoms with Crippen LogP contribution in [0.25, 0.3) is 17.0 Å². The Morgan fingerprint density at radius 3 is 2.31 bits per heavy atom. The van der Waals surface area contributed by atoms with Gasteiger partial charge in [-0.3, -0.25) is 9.59 Å². The van der Waals surface area contributed by atoms with Crippen LogP contribution in [0.1, 0.15) is 22.7 Å². The fourth-order valence-corrected chi connectivity index (χ4v) is 4.08. The number of H-pyrrole nitrogens is 1. The number of fused-ring (bicyclic) bond motifs is 1. The molecule has 1 aliphatic rings. The van der Waals surface area contributed by atoms with Gasteiger partial charge in [-0.15, -0.1) is 0 Å². The van der Waals surface area contributed by atoms with Gasteiger partial charge in [-0.25, -0.2) is 10.4 Å². The molecule has 0 spiro atoms. The molecular weight excluding hydrogens is 402 g/mol. The number of carbonyl (C=O) groups is 1. The summed E-state index contributed by atoms with van der Waals surface area (Å²) in [6, 6.07) is 23.7. The van der Waals surface area contributed by atoms with Crippen LogP contribution < -0.4 is 16.0 Å². The minimum Gasteiger partial charge on any atom is -0.506 e. The summed E-state index contributed by atoms with van der Waals surface area (Å²) >= 11 is 0. The van der Waals surface area contributed by atoms with Gasteiger partial charge < -0.3 is 10.1 Å². The van der Waals surface area contributed by atoms with Crippen LogP contribution in [-0.2, 0) is 4.79 Å². The molecule has 1 aliphatic heterocycles. The molecule has 1 amide bonds. The first kappa shape index (κ1) is 19.8. The van der Waals surface area contributed by atoms with Crippen molar-refractivity contribution in [2.75, 3.05) is 5.01 Å². The summed E-state index contributed by atoms with van der Waals surface area (Å²) < 4.78 is 0. The van der Waals surface area contributed by atoms with Crippen molar-refractivity contribution in [3.63, 3.8) is 0 Å². The molecule has 1 atom stereocenters. The number of aromatic nitrogens is 1. The van der Waals surface area contributed by atoms with Gasteiger partial charge in [-0.1, -0.05) is 60.7 Å². The highest BCUT2D eigenvalue weighted by Crippen LogP contribution is 2.35. The molecule has 0 aliphatic carbocycles. The first-order valence-electron chi connectivity index (χ1n) is 10.3. The van der Waals surface area contributed by atoms with E-state index in [9.17, 15) is 14.7 Å². The first-order valence-corrected chi connectivity index (χ1v) is 10.3.